The Kier molecular flexibility index (Phi) is 4.74. The van der Waals surface area contributed by atoms with Crippen LogP contribution in [0.5, 0.6) is 0 Å². The lowest BCUT2D eigenvalue weighted by atomic mass is 10.1. The number of tetrazole rings is 1. The summed E-state index contributed by atoms with van der Waals surface area (Å²) in [4.78, 5) is 19.0. The molecule has 4 heterocycles. The van der Waals surface area contributed by atoms with Crippen LogP contribution in [-0.2, 0) is 7.05 Å². The molecule has 1 N–H and O–H groups in total. The number of carbonyl (C=O) groups is 1. The first-order valence-corrected chi connectivity index (χ1v) is 10.5. The summed E-state index contributed by atoms with van der Waals surface area (Å²) >= 11 is 1.52. The lowest BCUT2D eigenvalue weighted by Gasteiger charge is -2.11. The third-order valence-corrected chi connectivity index (χ3v) is 5.95. The van der Waals surface area contributed by atoms with Crippen LogP contribution in [0, 0.1) is 19.7 Å². The predicted molar refractivity (Wildman–Crippen MR) is 118 cm³/mol. The van der Waals surface area contributed by atoms with Gasteiger partial charge in [0.1, 0.15) is 5.82 Å². The number of nitrogens with one attached hydrogen (secondary N) is 1. The van der Waals surface area contributed by atoms with E-state index >= 15 is 0 Å². The highest BCUT2D eigenvalue weighted by Crippen LogP contribution is 2.30. The van der Waals surface area contributed by atoms with Gasteiger partial charge < -0.3 is 5.32 Å². The topological polar surface area (TPSA) is 103 Å². The Bertz CT molecular complexity index is 1470. The first-order chi connectivity index (χ1) is 15.4. The van der Waals surface area contributed by atoms with Gasteiger partial charge in [0.2, 0.25) is 0 Å². The summed E-state index contributed by atoms with van der Waals surface area (Å²) in [7, 11) is 1.78. The lowest BCUT2D eigenvalue weighted by Crippen LogP contribution is -2.15. The number of rotatable bonds is 4. The number of carbonyl (C=O) groups excluding carboxylic acids is 1. The van der Waals surface area contributed by atoms with E-state index in [1.165, 1.54) is 28.2 Å². The molecule has 0 saturated carbocycles. The second-order valence-corrected chi connectivity index (χ2v) is 8.14. The molecular weight excluding hydrogens is 431 g/mol. The van der Waals surface area contributed by atoms with E-state index in [9.17, 15) is 9.18 Å². The van der Waals surface area contributed by atoms with Gasteiger partial charge in [0, 0.05) is 7.05 Å². The van der Waals surface area contributed by atoms with Crippen molar-refractivity contribution >= 4 is 34.0 Å². The fourth-order valence-corrected chi connectivity index (χ4v) is 4.26. The number of pyridine rings is 1. The van der Waals surface area contributed by atoms with Crippen molar-refractivity contribution in [3.8, 4) is 16.3 Å². The van der Waals surface area contributed by atoms with E-state index in [-0.39, 0.29) is 5.69 Å². The molecule has 0 atom stereocenters. The van der Waals surface area contributed by atoms with E-state index in [1.54, 1.807) is 30.8 Å². The van der Waals surface area contributed by atoms with Gasteiger partial charge in [0.05, 0.1) is 38.6 Å². The van der Waals surface area contributed by atoms with Crippen LogP contribution in [0.25, 0.3) is 27.3 Å². The molecule has 160 valence electrons. The molecular formula is C21H17FN8OS. The molecule has 0 bridgehead atoms. The van der Waals surface area contributed by atoms with Gasteiger partial charge in [0.25, 0.3) is 5.91 Å². The van der Waals surface area contributed by atoms with Crippen LogP contribution in [0.4, 0.5) is 10.1 Å². The van der Waals surface area contributed by atoms with Crippen molar-refractivity contribution in [2.24, 2.45) is 7.05 Å². The zero-order chi connectivity index (χ0) is 22.4. The number of thiophene rings is 1. The molecule has 0 saturated heterocycles. The summed E-state index contributed by atoms with van der Waals surface area (Å²) in [5, 5.41) is 21.0. The third kappa shape index (κ3) is 3.32. The minimum absolute atomic E-state index is 0.0200. The largest absolute Gasteiger partial charge is 0.319 e. The van der Waals surface area contributed by atoms with Gasteiger partial charge in [-0.2, -0.15) is 9.78 Å². The standard InChI is InChI=1S/C21H17FN8OS/c1-11-19-14(10-17(18-5-4-8-32-18)23-20(19)29(3)26-11)21(31)24-16-9-13(6-7-15(16)22)30-12(2)25-27-28-30/h4-10H,1-3H3,(H,24,31). The molecule has 32 heavy (non-hydrogen) atoms. The van der Waals surface area contributed by atoms with E-state index in [0.717, 1.165) is 4.88 Å². The molecule has 1 aromatic carbocycles. The van der Waals surface area contributed by atoms with Crippen molar-refractivity contribution < 1.29 is 9.18 Å². The highest BCUT2D eigenvalue weighted by molar-refractivity contribution is 7.13. The Balaban J connectivity index is 1.59. The summed E-state index contributed by atoms with van der Waals surface area (Å²) in [5.74, 6) is -0.494. The molecule has 0 fully saturated rings. The number of aromatic nitrogens is 7. The first-order valence-electron chi connectivity index (χ1n) is 9.67. The van der Waals surface area contributed by atoms with Gasteiger partial charge in [-0.3, -0.25) is 9.48 Å². The van der Waals surface area contributed by atoms with Crippen LogP contribution in [0.1, 0.15) is 21.9 Å². The van der Waals surface area contributed by atoms with Gasteiger partial charge in [0.15, 0.2) is 11.5 Å². The minimum atomic E-state index is -0.570. The number of nitrogens with zero attached hydrogens (tertiary/aromatic N) is 7. The normalized spacial score (nSPS) is 11.2. The first kappa shape index (κ1) is 19.9. The molecule has 9 nitrogen and oxygen atoms in total. The number of hydrogen-bond acceptors (Lipinski definition) is 7. The second-order valence-electron chi connectivity index (χ2n) is 7.20. The van der Waals surface area contributed by atoms with Crippen LogP contribution >= 0.6 is 11.3 Å². The Morgan fingerprint density at radius 3 is 2.75 bits per heavy atom. The number of aryl methyl sites for hydroxylation is 3. The molecule has 0 radical (unpaired) electrons. The second kappa shape index (κ2) is 7.61. The van der Waals surface area contributed by atoms with Crippen LogP contribution in [0.15, 0.2) is 41.8 Å². The van der Waals surface area contributed by atoms with E-state index in [2.05, 4.69) is 25.9 Å². The predicted octanol–water partition coefficient (Wildman–Crippen LogP) is 3.68. The van der Waals surface area contributed by atoms with Gasteiger partial charge in [-0.15, -0.1) is 16.4 Å². The maximum absolute atomic E-state index is 14.6. The molecule has 0 aliphatic rings. The van der Waals surface area contributed by atoms with Crippen LogP contribution in [-0.4, -0.2) is 40.9 Å². The Morgan fingerprint density at radius 2 is 2.03 bits per heavy atom. The average Bonchev–Trinajstić information content (AvgIpc) is 3.51. The van der Waals surface area contributed by atoms with Crippen LogP contribution in [0.2, 0.25) is 0 Å². The number of halogens is 1. The maximum atomic E-state index is 14.6. The van der Waals surface area contributed by atoms with Gasteiger partial charge in [-0.1, -0.05) is 6.07 Å². The molecule has 0 aliphatic heterocycles. The summed E-state index contributed by atoms with van der Waals surface area (Å²) in [6, 6.07) is 9.86. The zero-order valence-corrected chi connectivity index (χ0v) is 18.2. The molecule has 0 aliphatic carbocycles. The number of amides is 1. The average molecular weight is 448 g/mol. The van der Waals surface area contributed by atoms with E-state index in [4.69, 9.17) is 4.98 Å². The molecule has 4 aromatic heterocycles. The Labute approximate surface area is 185 Å². The van der Waals surface area contributed by atoms with Gasteiger partial charge in [-0.05, 0) is 60.0 Å². The van der Waals surface area contributed by atoms with Crippen molar-refractivity contribution in [1.29, 1.82) is 0 Å². The van der Waals surface area contributed by atoms with Crippen molar-refractivity contribution in [2.75, 3.05) is 5.32 Å². The summed E-state index contributed by atoms with van der Waals surface area (Å²) in [5.41, 5.74) is 2.81. The fourth-order valence-electron chi connectivity index (χ4n) is 3.58. The highest BCUT2D eigenvalue weighted by Gasteiger charge is 2.21. The summed E-state index contributed by atoms with van der Waals surface area (Å²) < 4.78 is 17.7. The minimum Gasteiger partial charge on any atom is -0.319 e. The molecule has 11 heteroatoms. The molecule has 0 unspecified atom stereocenters. The van der Waals surface area contributed by atoms with Crippen molar-refractivity contribution in [3.05, 3.63) is 64.7 Å². The maximum Gasteiger partial charge on any atom is 0.256 e. The summed E-state index contributed by atoms with van der Waals surface area (Å²) in [6.07, 6.45) is 0. The third-order valence-electron chi connectivity index (χ3n) is 5.06. The van der Waals surface area contributed by atoms with Gasteiger partial charge in [-0.25, -0.2) is 9.37 Å². The van der Waals surface area contributed by atoms with Crippen molar-refractivity contribution in [1.82, 2.24) is 35.0 Å². The highest BCUT2D eigenvalue weighted by atomic mass is 32.1. The van der Waals surface area contributed by atoms with Crippen LogP contribution in [0.3, 0.4) is 0 Å². The number of anilines is 1. The smallest absolute Gasteiger partial charge is 0.256 e. The molecule has 5 aromatic rings. The zero-order valence-electron chi connectivity index (χ0n) is 17.4. The van der Waals surface area contributed by atoms with Gasteiger partial charge >= 0.3 is 0 Å². The Morgan fingerprint density at radius 1 is 1.19 bits per heavy atom. The van der Waals surface area contributed by atoms with Crippen LogP contribution < -0.4 is 5.32 Å². The lowest BCUT2D eigenvalue weighted by molar-refractivity contribution is 0.102. The number of hydrogen-bond donors (Lipinski definition) is 1. The van der Waals surface area contributed by atoms with E-state index in [1.807, 2.05) is 24.4 Å². The van der Waals surface area contributed by atoms with E-state index < -0.39 is 11.7 Å². The fraction of sp³-hybridized carbons (Fsp3) is 0.143. The molecule has 1 amide bonds. The van der Waals surface area contributed by atoms with Crippen molar-refractivity contribution in [3.63, 3.8) is 0 Å². The van der Waals surface area contributed by atoms with Crippen molar-refractivity contribution in [2.45, 2.75) is 13.8 Å². The molecule has 0 spiro atoms. The summed E-state index contributed by atoms with van der Waals surface area (Å²) in [6.45, 7) is 3.54. The quantitative estimate of drug-likeness (QED) is 0.450. The Hall–Kier alpha value is -3.99. The SMILES string of the molecule is Cc1nn(C)c2nc(-c3cccs3)cc(C(=O)Nc3cc(-n4nnnc4C)ccc3F)c12. The number of fused-ring (bicyclic) bond motifs is 1. The monoisotopic (exact) mass is 448 g/mol. The number of benzene rings is 1. The molecule has 5 rings (SSSR count). The van der Waals surface area contributed by atoms with E-state index in [0.29, 0.717) is 39.5 Å².